The first kappa shape index (κ1) is 22.8. The van der Waals surface area contributed by atoms with Crippen molar-refractivity contribution >= 4 is 0 Å². The summed E-state index contributed by atoms with van der Waals surface area (Å²) in [6.45, 7) is 3.33. The molecule has 0 amide bonds. The second kappa shape index (κ2) is 10.5. The minimum atomic E-state index is -0.493. The van der Waals surface area contributed by atoms with E-state index in [1.807, 2.05) is 49.4 Å². The van der Waals surface area contributed by atoms with Crippen molar-refractivity contribution < 1.29 is 18.7 Å². The van der Waals surface area contributed by atoms with Crippen LogP contribution < -0.4 is 4.74 Å². The normalized spacial score (nSPS) is 12.3. The maximum absolute atomic E-state index is 14.4. The van der Waals surface area contributed by atoms with Gasteiger partial charge in [0.05, 0.1) is 24.5 Å². The Morgan fingerprint density at radius 1 is 1.06 bits per heavy atom. The van der Waals surface area contributed by atoms with Crippen LogP contribution in [0.15, 0.2) is 77.4 Å². The van der Waals surface area contributed by atoms with E-state index in [4.69, 9.17) is 14.3 Å². The number of aromatic nitrogens is 2. The average molecular weight is 450 g/mol. The van der Waals surface area contributed by atoms with Gasteiger partial charge in [0.1, 0.15) is 11.5 Å². The molecular formula is C26H28FN3O3. The van der Waals surface area contributed by atoms with Crippen LogP contribution in [0.4, 0.5) is 4.39 Å². The van der Waals surface area contributed by atoms with Crippen LogP contribution in [0.5, 0.6) is 11.6 Å². The van der Waals surface area contributed by atoms with Crippen LogP contribution in [-0.4, -0.2) is 32.4 Å². The van der Waals surface area contributed by atoms with Gasteiger partial charge in [-0.15, -0.1) is 0 Å². The third-order valence-electron chi connectivity index (χ3n) is 5.46. The number of hydrogen-bond donors (Lipinski definition) is 1. The molecule has 0 aliphatic carbocycles. The number of ether oxygens (including phenoxy) is 1. The van der Waals surface area contributed by atoms with Gasteiger partial charge in [0.15, 0.2) is 11.6 Å². The van der Waals surface area contributed by atoms with Crippen LogP contribution in [0.25, 0.3) is 11.3 Å². The van der Waals surface area contributed by atoms with Crippen molar-refractivity contribution in [3.05, 3.63) is 90.1 Å². The van der Waals surface area contributed by atoms with Gasteiger partial charge in [-0.1, -0.05) is 49.4 Å². The summed E-state index contributed by atoms with van der Waals surface area (Å²) in [5.41, 5.74) is 2.49. The fourth-order valence-corrected chi connectivity index (χ4v) is 3.74. The summed E-state index contributed by atoms with van der Waals surface area (Å²) >= 11 is 0. The molecule has 4 aromatic rings. The van der Waals surface area contributed by atoms with E-state index >= 15 is 0 Å². The summed E-state index contributed by atoms with van der Waals surface area (Å²) in [7, 11) is 1.78. The van der Waals surface area contributed by atoms with Crippen LogP contribution in [0.1, 0.15) is 24.7 Å². The summed E-state index contributed by atoms with van der Waals surface area (Å²) in [4.78, 5) is 2.09. The molecule has 0 fully saturated rings. The maximum atomic E-state index is 14.4. The number of para-hydroxylation sites is 1. The molecule has 0 radical (unpaired) electrons. The number of nitrogens with zero attached hydrogens (tertiary/aromatic N) is 3. The third kappa shape index (κ3) is 5.50. The Bertz CT molecular complexity index is 1160. The number of benzene rings is 2. The lowest BCUT2D eigenvalue weighted by molar-refractivity contribution is 0.0970. The van der Waals surface area contributed by atoms with Gasteiger partial charge in [0, 0.05) is 25.7 Å². The minimum Gasteiger partial charge on any atom is -0.468 e. The van der Waals surface area contributed by atoms with E-state index in [2.05, 4.69) is 4.90 Å². The Hall–Kier alpha value is -3.42. The largest absolute Gasteiger partial charge is 0.468 e. The molecular weight excluding hydrogens is 421 g/mol. The fourth-order valence-electron chi connectivity index (χ4n) is 3.74. The number of halogens is 1. The van der Waals surface area contributed by atoms with Crippen molar-refractivity contribution in [2.24, 2.45) is 7.05 Å². The number of aliphatic hydroxyl groups is 1. The van der Waals surface area contributed by atoms with E-state index < -0.39 is 11.9 Å². The van der Waals surface area contributed by atoms with E-state index in [0.29, 0.717) is 31.9 Å². The average Bonchev–Trinajstić information content (AvgIpc) is 3.44. The Labute approximate surface area is 192 Å². The molecule has 172 valence electrons. The van der Waals surface area contributed by atoms with Gasteiger partial charge in [-0.05, 0) is 30.7 Å². The van der Waals surface area contributed by atoms with E-state index in [1.54, 1.807) is 36.2 Å². The molecule has 0 spiro atoms. The van der Waals surface area contributed by atoms with Gasteiger partial charge in [0.25, 0.3) is 0 Å². The number of aliphatic hydroxyl groups excluding tert-OH is 1. The molecule has 2 heterocycles. The van der Waals surface area contributed by atoms with Crippen LogP contribution in [-0.2, 0) is 20.1 Å². The van der Waals surface area contributed by atoms with Crippen molar-refractivity contribution in [2.75, 3.05) is 6.54 Å². The van der Waals surface area contributed by atoms with E-state index in [1.165, 1.54) is 6.07 Å². The minimum absolute atomic E-state index is 0.132. The predicted molar refractivity (Wildman–Crippen MR) is 124 cm³/mol. The molecule has 0 saturated carbocycles. The monoisotopic (exact) mass is 449 g/mol. The molecule has 2 aromatic heterocycles. The molecule has 6 nitrogen and oxygen atoms in total. The standard InChI is InChI=1S/C26H28FN3O3/c1-3-20(31)16-30(17-21-12-9-15-32-21)18-22-25(19-10-5-4-6-11-19)28-29(2)26(22)33-24-14-8-7-13-23(24)27/h4-15,20,31H,3,16-18H2,1-2H3/t20-/m0/s1. The molecule has 1 N–H and O–H groups in total. The van der Waals surface area contributed by atoms with Crippen molar-refractivity contribution in [3.63, 3.8) is 0 Å². The number of furan rings is 1. The van der Waals surface area contributed by atoms with E-state index in [9.17, 15) is 9.50 Å². The molecule has 0 saturated heterocycles. The lowest BCUT2D eigenvalue weighted by Crippen LogP contribution is -2.31. The van der Waals surface area contributed by atoms with Gasteiger partial charge >= 0.3 is 0 Å². The highest BCUT2D eigenvalue weighted by Crippen LogP contribution is 2.35. The maximum Gasteiger partial charge on any atom is 0.222 e. The molecule has 33 heavy (non-hydrogen) atoms. The quantitative estimate of drug-likeness (QED) is 0.352. The van der Waals surface area contributed by atoms with Crippen LogP contribution in [0.3, 0.4) is 0 Å². The Kier molecular flexibility index (Phi) is 7.22. The molecule has 2 aromatic carbocycles. The summed E-state index contributed by atoms with van der Waals surface area (Å²) in [6, 6.07) is 19.9. The van der Waals surface area contributed by atoms with Gasteiger partial charge in [-0.3, -0.25) is 4.90 Å². The first-order chi connectivity index (χ1) is 16.0. The highest BCUT2D eigenvalue weighted by Gasteiger charge is 2.24. The van der Waals surface area contributed by atoms with Crippen LogP contribution in [0, 0.1) is 5.82 Å². The summed E-state index contributed by atoms with van der Waals surface area (Å²) < 4.78 is 27.6. The first-order valence-electron chi connectivity index (χ1n) is 11.0. The topological polar surface area (TPSA) is 63.7 Å². The lowest BCUT2D eigenvalue weighted by atomic mass is 10.1. The second-order valence-electron chi connectivity index (χ2n) is 7.97. The van der Waals surface area contributed by atoms with Gasteiger partial charge in [-0.25, -0.2) is 9.07 Å². The Morgan fingerprint density at radius 2 is 1.82 bits per heavy atom. The zero-order valence-corrected chi connectivity index (χ0v) is 18.8. The Morgan fingerprint density at radius 3 is 2.52 bits per heavy atom. The number of rotatable bonds is 10. The van der Waals surface area contributed by atoms with E-state index in [0.717, 1.165) is 22.6 Å². The molecule has 1 atom stereocenters. The van der Waals surface area contributed by atoms with Gasteiger partial charge < -0.3 is 14.3 Å². The molecule has 0 bridgehead atoms. The summed E-state index contributed by atoms with van der Waals surface area (Å²) in [5.74, 6) is 0.932. The van der Waals surface area contributed by atoms with Gasteiger partial charge in [0.2, 0.25) is 5.88 Å². The molecule has 7 heteroatoms. The predicted octanol–water partition coefficient (Wildman–Crippen LogP) is 5.38. The van der Waals surface area contributed by atoms with Crippen LogP contribution >= 0.6 is 0 Å². The zero-order valence-electron chi connectivity index (χ0n) is 18.8. The number of aryl methyl sites for hydroxylation is 1. The summed E-state index contributed by atoms with van der Waals surface area (Å²) in [6.07, 6.45) is 1.77. The molecule has 4 rings (SSSR count). The van der Waals surface area contributed by atoms with Gasteiger partial charge in [-0.2, -0.15) is 5.10 Å². The highest BCUT2D eigenvalue weighted by atomic mass is 19.1. The number of hydrogen-bond acceptors (Lipinski definition) is 5. The van der Waals surface area contributed by atoms with Crippen molar-refractivity contribution in [3.8, 4) is 22.9 Å². The lowest BCUT2D eigenvalue weighted by Gasteiger charge is -2.24. The third-order valence-corrected chi connectivity index (χ3v) is 5.46. The smallest absolute Gasteiger partial charge is 0.222 e. The zero-order chi connectivity index (χ0) is 23.2. The summed E-state index contributed by atoms with van der Waals surface area (Å²) in [5, 5.41) is 15.1. The van der Waals surface area contributed by atoms with Crippen molar-refractivity contribution in [1.82, 2.24) is 14.7 Å². The first-order valence-corrected chi connectivity index (χ1v) is 11.0. The SMILES string of the molecule is CC[C@H](O)CN(Cc1ccco1)Cc1c(-c2ccccc2)nn(C)c1Oc1ccccc1F. The van der Waals surface area contributed by atoms with E-state index in [-0.39, 0.29) is 5.75 Å². The fraction of sp³-hybridized carbons (Fsp3) is 0.269. The van der Waals surface area contributed by atoms with Crippen molar-refractivity contribution in [1.29, 1.82) is 0 Å². The highest BCUT2D eigenvalue weighted by molar-refractivity contribution is 5.65. The second-order valence-corrected chi connectivity index (χ2v) is 7.97. The molecule has 0 aliphatic heterocycles. The van der Waals surface area contributed by atoms with Crippen molar-refractivity contribution in [2.45, 2.75) is 32.5 Å². The van der Waals surface area contributed by atoms with Crippen LogP contribution in [0.2, 0.25) is 0 Å². The molecule has 0 unspecified atom stereocenters. The molecule has 0 aliphatic rings. The Balaban J connectivity index is 1.75.